The van der Waals surface area contributed by atoms with E-state index >= 15 is 0 Å². The average molecular weight is 309 g/mol. The second-order valence-corrected chi connectivity index (χ2v) is 3.86. The quantitative estimate of drug-likeness (QED) is 0.649. The third-order valence-electron chi connectivity index (χ3n) is 1.62. The number of ether oxygens (including phenoxy) is 1. The van der Waals surface area contributed by atoms with Crippen LogP contribution in [0.15, 0.2) is 6.20 Å². The number of nitrogens with zero attached hydrogens (tertiary/aromatic N) is 2. The first-order valence-electron chi connectivity index (χ1n) is 3.46. The van der Waals surface area contributed by atoms with Gasteiger partial charge in [-0.25, -0.2) is 0 Å². The van der Waals surface area contributed by atoms with E-state index in [2.05, 4.69) is 37.5 Å². The molecular weight excluding hydrogens is 304 g/mol. The van der Waals surface area contributed by atoms with Gasteiger partial charge in [0.1, 0.15) is 5.65 Å². The van der Waals surface area contributed by atoms with Crippen LogP contribution in [-0.4, -0.2) is 22.1 Å². The summed E-state index contributed by atoms with van der Waals surface area (Å²) in [6.07, 6.45) is 1.83. The van der Waals surface area contributed by atoms with Crippen molar-refractivity contribution in [3.05, 3.63) is 15.1 Å². The summed E-state index contributed by atoms with van der Waals surface area (Å²) in [6, 6.07) is 0. The molecule has 0 aliphatic carbocycles. The Hall–Kier alpha value is -0.560. The molecule has 68 valence electrons. The maximum absolute atomic E-state index is 5.69. The molecule has 0 unspecified atom stereocenters. The van der Waals surface area contributed by atoms with Crippen molar-refractivity contribution in [2.24, 2.45) is 0 Å². The van der Waals surface area contributed by atoms with E-state index in [0.717, 1.165) is 8.96 Å². The first-order valence-corrected chi connectivity index (χ1v) is 4.92. The van der Waals surface area contributed by atoms with Crippen molar-refractivity contribution in [1.82, 2.24) is 15.0 Å². The molecule has 0 fully saturated rings. The SMILES string of the molecule is COc1nc(Cl)nc2[nH]cc(I)c12. The van der Waals surface area contributed by atoms with Crippen LogP contribution in [0.5, 0.6) is 5.88 Å². The number of hydrogen-bond acceptors (Lipinski definition) is 3. The summed E-state index contributed by atoms with van der Waals surface area (Å²) in [7, 11) is 1.56. The molecule has 0 aliphatic heterocycles. The van der Waals surface area contributed by atoms with Crippen LogP contribution in [0.3, 0.4) is 0 Å². The van der Waals surface area contributed by atoms with E-state index in [1.54, 1.807) is 7.11 Å². The maximum atomic E-state index is 5.69. The number of aromatic amines is 1. The monoisotopic (exact) mass is 309 g/mol. The van der Waals surface area contributed by atoms with Crippen LogP contribution in [0.4, 0.5) is 0 Å². The van der Waals surface area contributed by atoms with Gasteiger partial charge in [-0.2, -0.15) is 9.97 Å². The standard InChI is InChI=1S/C7H5ClIN3O/c1-13-6-4-3(9)2-10-5(4)11-7(8)12-6/h2H,1H3,(H,10,11,12). The number of aromatic nitrogens is 3. The predicted molar refractivity (Wildman–Crippen MR) is 58.2 cm³/mol. The van der Waals surface area contributed by atoms with Gasteiger partial charge in [0.05, 0.1) is 12.5 Å². The zero-order chi connectivity index (χ0) is 9.42. The Kier molecular flexibility index (Phi) is 2.29. The Morgan fingerprint density at radius 1 is 1.54 bits per heavy atom. The normalized spacial score (nSPS) is 10.7. The summed E-state index contributed by atoms with van der Waals surface area (Å²) in [5.41, 5.74) is 0.696. The lowest BCUT2D eigenvalue weighted by Gasteiger charge is -2.00. The highest BCUT2D eigenvalue weighted by Gasteiger charge is 2.11. The van der Waals surface area contributed by atoms with E-state index in [9.17, 15) is 0 Å². The van der Waals surface area contributed by atoms with Gasteiger partial charge in [0.15, 0.2) is 0 Å². The van der Waals surface area contributed by atoms with Crippen LogP contribution in [0.2, 0.25) is 5.28 Å². The van der Waals surface area contributed by atoms with E-state index in [1.165, 1.54) is 0 Å². The Morgan fingerprint density at radius 3 is 3.00 bits per heavy atom. The molecule has 2 aromatic heterocycles. The van der Waals surface area contributed by atoms with Crippen molar-refractivity contribution in [2.45, 2.75) is 0 Å². The highest BCUT2D eigenvalue weighted by atomic mass is 127. The fourth-order valence-corrected chi connectivity index (χ4v) is 1.89. The average Bonchev–Trinajstić information content (AvgIpc) is 2.46. The van der Waals surface area contributed by atoms with E-state index in [4.69, 9.17) is 16.3 Å². The highest BCUT2D eigenvalue weighted by molar-refractivity contribution is 14.1. The molecule has 0 saturated carbocycles. The summed E-state index contributed by atoms with van der Waals surface area (Å²) in [6.45, 7) is 0. The molecule has 6 heteroatoms. The molecule has 2 rings (SSSR count). The van der Waals surface area contributed by atoms with Gasteiger partial charge in [-0.15, -0.1) is 0 Å². The molecule has 2 aromatic rings. The molecule has 0 saturated heterocycles. The van der Waals surface area contributed by atoms with E-state index in [0.29, 0.717) is 11.5 Å². The van der Waals surface area contributed by atoms with Gasteiger partial charge in [0, 0.05) is 9.77 Å². The van der Waals surface area contributed by atoms with Crippen molar-refractivity contribution < 1.29 is 4.74 Å². The van der Waals surface area contributed by atoms with E-state index in [-0.39, 0.29) is 5.28 Å². The molecule has 0 aliphatic rings. The van der Waals surface area contributed by atoms with Gasteiger partial charge in [0.2, 0.25) is 11.2 Å². The number of halogens is 2. The summed E-state index contributed by atoms with van der Waals surface area (Å²) >= 11 is 7.87. The van der Waals surface area contributed by atoms with Crippen LogP contribution in [-0.2, 0) is 0 Å². The lowest BCUT2D eigenvalue weighted by atomic mass is 10.4. The van der Waals surface area contributed by atoms with Crippen LogP contribution in [0.25, 0.3) is 11.0 Å². The molecule has 13 heavy (non-hydrogen) atoms. The lowest BCUT2D eigenvalue weighted by molar-refractivity contribution is 0.402. The Morgan fingerprint density at radius 2 is 2.31 bits per heavy atom. The maximum Gasteiger partial charge on any atom is 0.228 e. The molecule has 0 radical (unpaired) electrons. The number of methoxy groups -OCH3 is 1. The highest BCUT2D eigenvalue weighted by Crippen LogP contribution is 2.27. The van der Waals surface area contributed by atoms with Crippen molar-refractivity contribution in [3.8, 4) is 5.88 Å². The number of hydrogen-bond donors (Lipinski definition) is 1. The van der Waals surface area contributed by atoms with Gasteiger partial charge in [0.25, 0.3) is 0 Å². The van der Waals surface area contributed by atoms with Crippen molar-refractivity contribution in [1.29, 1.82) is 0 Å². The van der Waals surface area contributed by atoms with Gasteiger partial charge >= 0.3 is 0 Å². The second kappa shape index (κ2) is 3.30. The van der Waals surface area contributed by atoms with E-state index in [1.807, 2.05) is 6.20 Å². The van der Waals surface area contributed by atoms with Crippen molar-refractivity contribution in [2.75, 3.05) is 7.11 Å². The fraction of sp³-hybridized carbons (Fsp3) is 0.143. The first-order chi connectivity index (χ1) is 6.22. The van der Waals surface area contributed by atoms with Crippen LogP contribution < -0.4 is 4.74 Å². The number of nitrogens with one attached hydrogen (secondary N) is 1. The Bertz CT molecular complexity index is 456. The minimum atomic E-state index is 0.183. The topological polar surface area (TPSA) is 50.8 Å². The molecule has 1 N–H and O–H groups in total. The molecule has 0 spiro atoms. The van der Waals surface area contributed by atoms with E-state index < -0.39 is 0 Å². The van der Waals surface area contributed by atoms with Gasteiger partial charge in [-0.3, -0.25) is 0 Å². The minimum Gasteiger partial charge on any atom is -0.480 e. The van der Waals surface area contributed by atoms with Crippen molar-refractivity contribution >= 4 is 45.2 Å². The third-order valence-corrected chi connectivity index (χ3v) is 2.64. The van der Waals surface area contributed by atoms with Crippen LogP contribution in [0.1, 0.15) is 0 Å². The smallest absolute Gasteiger partial charge is 0.228 e. The number of fused-ring (bicyclic) bond motifs is 1. The molecule has 0 amide bonds. The Labute approximate surface area is 92.8 Å². The molecular formula is C7H5ClIN3O. The molecule has 0 atom stereocenters. The molecule has 4 nitrogen and oxygen atoms in total. The summed E-state index contributed by atoms with van der Waals surface area (Å²) in [5.74, 6) is 0.501. The first kappa shape index (κ1) is 9.01. The van der Waals surface area contributed by atoms with Crippen molar-refractivity contribution in [3.63, 3.8) is 0 Å². The summed E-state index contributed by atoms with van der Waals surface area (Å²) in [4.78, 5) is 11.0. The van der Waals surface area contributed by atoms with Crippen LogP contribution >= 0.6 is 34.2 Å². The summed E-state index contributed by atoms with van der Waals surface area (Å²) in [5, 5.41) is 1.05. The second-order valence-electron chi connectivity index (χ2n) is 2.36. The van der Waals surface area contributed by atoms with Gasteiger partial charge in [-0.1, -0.05) is 0 Å². The number of rotatable bonds is 1. The largest absolute Gasteiger partial charge is 0.480 e. The Balaban J connectivity index is 2.85. The number of H-pyrrole nitrogens is 1. The van der Waals surface area contributed by atoms with Crippen LogP contribution in [0, 0.1) is 3.57 Å². The van der Waals surface area contributed by atoms with Gasteiger partial charge in [-0.05, 0) is 34.2 Å². The minimum absolute atomic E-state index is 0.183. The van der Waals surface area contributed by atoms with Gasteiger partial charge < -0.3 is 9.72 Å². The summed E-state index contributed by atoms with van der Waals surface area (Å²) < 4.78 is 6.10. The zero-order valence-corrected chi connectivity index (χ0v) is 9.55. The fourth-order valence-electron chi connectivity index (χ4n) is 1.09. The predicted octanol–water partition coefficient (Wildman–Crippen LogP) is 2.22. The molecule has 2 heterocycles. The lowest BCUT2D eigenvalue weighted by Crippen LogP contribution is -1.92. The molecule has 0 aromatic carbocycles. The molecule has 0 bridgehead atoms. The zero-order valence-electron chi connectivity index (χ0n) is 6.64. The third kappa shape index (κ3) is 1.46.